The van der Waals surface area contributed by atoms with Crippen LogP contribution in [0.2, 0.25) is 0 Å². The molecule has 2 aliphatic rings. The first-order valence-electron chi connectivity index (χ1n) is 13.4. The molecular weight excluding hydrogens is 522 g/mol. The fraction of sp³-hybridized carbons (Fsp3) is 0.267. The Morgan fingerprint density at radius 2 is 1.98 bits per heavy atom. The predicted octanol–water partition coefficient (Wildman–Crippen LogP) is 4.73. The number of anilines is 1. The van der Waals surface area contributed by atoms with Crippen molar-refractivity contribution in [2.24, 2.45) is 5.92 Å². The molecule has 2 saturated heterocycles. The number of carbonyl (C=O) groups excluding carboxylic acids is 2. The maximum atomic E-state index is 11.8. The molecule has 10 heteroatoms. The lowest BCUT2D eigenvalue weighted by molar-refractivity contribution is -0.115. The van der Waals surface area contributed by atoms with Gasteiger partial charge >= 0.3 is 0 Å². The topological polar surface area (TPSA) is 113 Å². The zero-order valence-electron chi connectivity index (χ0n) is 22.1. The monoisotopic (exact) mass is 551 g/mol. The first-order chi connectivity index (χ1) is 19.5. The van der Waals surface area contributed by atoms with Crippen molar-refractivity contribution in [2.45, 2.75) is 26.3 Å². The van der Waals surface area contributed by atoms with Gasteiger partial charge in [-0.1, -0.05) is 18.2 Å². The number of aromatic nitrogens is 4. The van der Waals surface area contributed by atoms with Crippen LogP contribution in [-0.2, 0) is 11.3 Å². The summed E-state index contributed by atoms with van der Waals surface area (Å²) in [5.74, 6) is 0.823. The van der Waals surface area contributed by atoms with Crippen molar-refractivity contribution < 1.29 is 9.59 Å². The van der Waals surface area contributed by atoms with E-state index in [2.05, 4.69) is 67.7 Å². The SMILES string of the molecule is Cc1cc(CNCC2CCN(c3nccc(/C=C4\SC(=O)NC4=O)n3)CC2)nc(-c2cccc3cnccc23)c1. The number of thioether (sulfide) groups is 1. The molecule has 0 unspecified atom stereocenters. The highest BCUT2D eigenvalue weighted by Gasteiger charge is 2.26. The molecule has 0 spiro atoms. The van der Waals surface area contributed by atoms with Crippen LogP contribution < -0.4 is 15.5 Å². The van der Waals surface area contributed by atoms with E-state index >= 15 is 0 Å². The molecule has 2 aliphatic heterocycles. The van der Waals surface area contributed by atoms with Crippen LogP contribution in [0, 0.1) is 12.8 Å². The Labute approximate surface area is 236 Å². The summed E-state index contributed by atoms with van der Waals surface area (Å²) in [5.41, 5.74) is 4.95. The summed E-state index contributed by atoms with van der Waals surface area (Å²) in [6, 6.07) is 14.3. The summed E-state index contributed by atoms with van der Waals surface area (Å²) >= 11 is 0.891. The van der Waals surface area contributed by atoms with Gasteiger partial charge in [-0.2, -0.15) is 0 Å². The molecule has 2 amide bonds. The minimum absolute atomic E-state index is 0.351. The van der Waals surface area contributed by atoms with E-state index in [4.69, 9.17) is 4.98 Å². The lowest BCUT2D eigenvalue weighted by Crippen LogP contribution is -2.38. The van der Waals surface area contributed by atoms with Gasteiger partial charge in [0.25, 0.3) is 11.1 Å². The maximum Gasteiger partial charge on any atom is 0.290 e. The number of nitrogens with one attached hydrogen (secondary N) is 2. The number of aryl methyl sites for hydroxylation is 1. The van der Waals surface area contributed by atoms with Crippen molar-refractivity contribution >= 4 is 45.7 Å². The molecule has 0 atom stereocenters. The third-order valence-electron chi connectivity index (χ3n) is 7.20. The molecule has 4 aromatic rings. The Balaban J connectivity index is 1.04. The zero-order chi connectivity index (χ0) is 27.5. The van der Waals surface area contributed by atoms with Gasteiger partial charge in [-0.3, -0.25) is 24.9 Å². The number of rotatable bonds is 7. The quantitative estimate of drug-likeness (QED) is 0.315. The molecule has 0 aliphatic carbocycles. The van der Waals surface area contributed by atoms with E-state index in [1.807, 2.05) is 18.5 Å². The molecule has 6 rings (SSSR count). The molecule has 9 nitrogen and oxygen atoms in total. The third-order valence-corrected chi connectivity index (χ3v) is 8.01. The summed E-state index contributed by atoms with van der Waals surface area (Å²) in [6.45, 7) is 5.48. The van der Waals surface area contributed by atoms with E-state index in [1.54, 1.807) is 18.3 Å². The molecular formula is C30H29N7O2S. The van der Waals surface area contributed by atoms with Gasteiger partial charge in [-0.15, -0.1) is 0 Å². The number of imide groups is 1. The van der Waals surface area contributed by atoms with E-state index in [-0.39, 0.29) is 11.1 Å². The number of benzene rings is 1. The molecule has 0 radical (unpaired) electrons. The van der Waals surface area contributed by atoms with Gasteiger partial charge in [0.05, 0.1) is 22.0 Å². The van der Waals surface area contributed by atoms with E-state index < -0.39 is 0 Å². The average molecular weight is 552 g/mol. The van der Waals surface area contributed by atoms with Crippen molar-refractivity contribution in [1.82, 2.24) is 30.6 Å². The molecule has 202 valence electrons. The number of carbonyl (C=O) groups is 2. The zero-order valence-corrected chi connectivity index (χ0v) is 22.9. The Bertz CT molecular complexity index is 1610. The minimum atomic E-state index is -0.383. The molecule has 0 bridgehead atoms. The van der Waals surface area contributed by atoms with Crippen molar-refractivity contribution in [1.29, 1.82) is 0 Å². The fourth-order valence-electron chi connectivity index (χ4n) is 5.21. The van der Waals surface area contributed by atoms with Crippen LogP contribution in [0.15, 0.2) is 66.0 Å². The fourth-order valence-corrected chi connectivity index (χ4v) is 5.87. The Kier molecular flexibility index (Phi) is 7.52. The van der Waals surface area contributed by atoms with Crippen molar-refractivity contribution in [3.63, 3.8) is 0 Å². The molecule has 3 aromatic heterocycles. The first kappa shape index (κ1) is 26.1. The van der Waals surface area contributed by atoms with Crippen LogP contribution in [0.5, 0.6) is 0 Å². The first-order valence-corrected chi connectivity index (χ1v) is 14.2. The maximum absolute atomic E-state index is 11.8. The highest BCUT2D eigenvalue weighted by atomic mass is 32.2. The van der Waals surface area contributed by atoms with Gasteiger partial charge in [0.15, 0.2) is 0 Å². The number of pyridine rings is 2. The number of hydrogen-bond acceptors (Lipinski definition) is 9. The van der Waals surface area contributed by atoms with Crippen molar-refractivity contribution in [3.8, 4) is 11.3 Å². The van der Waals surface area contributed by atoms with E-state index in [0.717, 1.165) is 78.5 Å². The Morgan fingerprint density at radius 1 is 1.10 bits per heavy atom. The molecule has 2 N–H and O–H groups in total. The lowest BCUT2D eigenvalue weighted by atomic mass is 9.97. The van der Waals surface area contributed by atoms with E-state index in [9.17, 15) is 9.59 Å². The molecule has 2 fully saturated rings. The van der Waals surface area contributed by atoms with Crippen molar-refractivity contribution in [3.05, 3.63) is 82.9 Å². The van der Waals surface area contributed by atoms with Crippen LogP contribution in [0.25, 0.3) is 28.1 Å². The lowest BCUT2D eigenvalue weighted by Gasteiger charge is -2.32. The number of piperidine rings is 1. The highest BCUT2D eigenvalue weighted by molar-refractivity contribution is 8.18. The van der Waals surface area contributed by atoms with Gasteiger partial charge < -0.3 is 10.2 Å². The molecule has 40 heavy (non-hydrogen) atoms. The predicted molar refractivity (Wildman–Crippen MR) is 157 cm³/mol. The largest absolute Gasteiger partial charge is 0.341 e. The minimum Gasteiger partial charge on any atom is -0.341 e. The summed E-state index contributed by atoms with van der Waals surface area (Å²) in [4.78, 5) is 44.1. The van der Waals surface area contributed by atoms with Gasteiger partial charge in [-0.05, 0) is 85.3 Å². The highest BCUT2D eigenvalue weighted by Crippen LogP contribution is 2.28. The summed E-state index contributed by atoms with van der Waals surface area (Å²) in [6.07, 6.45) is 9.11. The second-order valence-corrected chi connectivity index (χ2v) is 11.1. The normalized spacial score (nSPS) is 17.1. The van der Waals surface area contributed by atoms with Crippen LogP contribution in [0.4, 0.5) is 10.7 Å². The Hall–Kier alpha value is -4.15. The van der Waals surface area contributed by atoms with E-state index in [0.29, 0.717) is 22.5 Å². The van der Waals surface area contributed by atoms with E-state index in [1.165, 1.54) is 5.56 Å². The van der Waals surface area contributed by atoms with Crippen LogP contribution in [0.3, 0.4) is 0 Å². The van der Waals surface area contributed by atoms with Crippen LogP contribution in [0.1, 0.15) is 29.8 Å². The second kappa shape index (κ2) is 11.5. The summed E-state index contributed by atoms with van der Waals surface area (Å²) < 4.78 is 0. The summed E-state index contributed by atoms with van der Waals surface area (Å²) in [7, 11) is 0. The Morgan fingerprint density at radius 3 is 2.80 bits per heavy atom. The van der Waals surface area contributed by atoms with Gasteiger partial charge in [0.2, 0.25) is 5.95 Å². The molecule has 5 heterocycles. The number of hydrogen-bond donors (Lipinski definition) is 2. The van der Waals surface area contributed by atoms with Crippen molar-refractivity contribution in [2.75, 3.05) is 24.5 Å². The number of fused-ring (bicyclic) bond motifs is 1. The van der Waals surface area contributed by atoms with Crippen LogP contribution >= 0.6 is 11.8 Å². The van der Waals surface area contributed by atoms with Crippen LogP contribution in [-0.4, -0.2) is 50.7 Å². The average Bonchev–Trinajstić information content (AvgIpc) is 3.28. The molecule has 1 aromatic carbocycles. The smallest absolute Gasteiger partial charge is 0.290 e. The molecule has 0 saturated carbocycles. The summed E-state index contributed by atoms with van der Waals surface area (Å²) in [5, 5.41) is 7.81. The van der Waals surface area contributed by atoms with Gasteiger partial charge in [0, 0.05) is 49.2 Å². The third kappa shape index (κ3) is 5.88. The standard InChI is InChI=1S/C30H29N7O2S/c1-19-13-23(34-26(14-19)25-4-2-3-21-17-31-9-6-24(21)25)18-32-16-20-7-11-37(12-8-20)29-33-10-5-22(35-29)15-27-28(38)36-30(39)40-27/h2-6,9-10,13-15,17,20,32H,7-8,11-12,16,18H2,1H3,(H,36,38,39)/b27-15-. The number of amides is 2. The number of nitrogens with zero attached hydrogens (tertiary/aromatic N) is 5. The van der Waals surface area contributed by atoms with Gasteiger partial charge in [-0.25, -0.2) is 9.97 Å². The second-order valence-electron chi connectivity index (χ2n) is 10.1. The van der Waals surface area contributed by atoms with Gasteiger partial charge in [0.1, 0.15) is 0 Å².